The molecule has 3 rings (SSSR count). The molecule has 0 bridgehead atoms. The fraction of sp³-hybridized carbons (Fsp3) is 0.118. The molecule has 2 aromatic rings. The summed E-state index contributed by atoms with van der Waals surface area (Å²) in [6.45, 7) is 5.48. The summed E-state index contributed by atoms with van der Waals surface area (Å²) in [5.74, 6) is 0. The van der Waals surface area contributed by atoms with Crippen molar-refractivity contribution in [1.82, 2.24) is 0 Å². The maximum atomic E-state index is 12.9. The van der Waals surface area contributed by atoms with Gasteiger partial charge >= 0.3 is 6.09 Å². The number of aryl methyl sites for hydroxylation is 1. The van der Waals surface area contributed by atoms with E-state index in [2.05, 4.69) is 6.58 Å². The molecule has 23 heavy (non-hydrogen) atoms. The Kier molecular flexibility index (Phi) is 3.69. The summed E-state index contributed by atoms with van der Waals surface area (Å²) >= 11 is 0. The number of carbonyl (C=O) groups excluding carboxylic acids is 1. The van der Waals surface area contributed by atoms with Gasteiger partial charge in [0.25, 0.3) is 10.0 Å². The van der Waals surface area contributed by atoms with Gasteiger partial charge in [0.1, 0.15) is 6.10 Å². The van der Waals surface area contributed by atoms with Crippen molar-refractivity contribution in [3.63, 3.8) is 0 Å². The molecule has 1 aliphatic rings. The monoisotopic (exact) mass is 329 g/mol. The Morgan fingerprint density at radius 1 is 1.13 bits per heavy atom. The molecule has 1 unspecified atom stereocenters. The van der Waals surface area contributed by atoms with Gasteiger partial charge in [-0.15, -0.1) is 0 Å². The molecular formula is C17H15NO4S. The van der Waals surface area contributed by atoms with Gasteiger partial charge in [-0.25, -0.2) is 13.2 Å². The minimum atomic E-state index is -4.05. The van der Waals surface area contributed by atoms with E-state index in [1.54, 1.807) is 36.4 Å². The summed E-state index contributed by atoms with van der Waals surface area (Å²) < 4.78 is 31.6. The van der Waals surface area contributed by atoms with Crippen LogP contribution < -0.4 is 4.31 Å². The van der Waals surface area contributed by atoms with Crippen LogP contribution in [0.1, 0.15) is 17.2 Å². The Hall–Kier alpha value is -2.60. The average molecular weight is 329 g/mol. The quantitative estimate of drug-likeness (QED) is 0.808. The van der Waals surface area contributed by atoms with Gasteiger partial charge in [-0.3, -0.25) is 0 Å². The number of cyclic esters (lactones) is 1. The van der Waals surface area contributed by atoms with Crippen molar-refractivity contribution in [2.75, 3.05) is 4.31 Å². The van der Waals surface area contributed by atoms with Gasteiger partial charge in [0.2, 0.25) is 0 Å². The molecule has 6 heteroatoms. The minimum Gasteiger partial charge on any atom is -0.436 e. The third-order valence-corrected chi connectivity index (χ3v) is 5.32. The molecule has 0 saturated carbocycles. The van der Waals surface area contributed by atoms with E-state index in [0.29, 0.717) is 9.87 Å². The first-order valence-corrected chi connectivity index (χ1v) is 8.43. The Balaban J connectivity index is 2.17. The number of nitrogens with zero attached hydrogens (tertiary/aromatic N) is 1. The second kappa shape index (κ2) is 5.55. The maximum absolute atomic E-state index is 12.9. The van der Waals surface area contributed by atoms with Crippen LogP contribution in [0.5, 0.6) is 0 Å². The molecular weight excluding hydrogens is 314 g/mol. The van der Waals surface area contributed by atoms with E-state index in [-0.39, 0.29) is 10.6 Å². The van der Waals surface area contributed by atoms with Crippen LogP contribution in [-0.4, -0.2) is 14.5 Å². The van der Waals surface area contributed by atoms with Crippen LogP contribution >= 0.6 is 0 Å². The summed E-state index contributed by atoms with van der Waals surface area (Å²) in [5, 5.41) is 0. The van der Waals surface area contributed by atoms with Gasteiger partial charge < -0.3 is 4.74 Å². The summed E-state index contributed by atoms with van der Waals surface area (Å²) in [6.07, 6.45) is -0.135. The second-order valence-corrected chi connectivity index (χ2v) is 6.97. The van der Waals surface area contributed by atoms with Gasteiger partial charge in [-0.2, -0.15) is 4.31 Å². The number of amides is 1. The molecule has 0 aliphatic carbocycles. The lowest BCUT2D eigenvalue weighted by Crippen LogP contribution is -2.41. The first-order valence-electron chi connectivity index (χ1n) is 6.99. The highest BCUT2D eigenvalue weighted by atomic mass is 32.2. The molecule has 1 amide bonds. The summed E-state index contributed by atoms with van der Waals surface area (Å²) in [7, 11) is -4.05. The van der Waals surface area contributed by atoms with Crippen LogP contribution in [-0.2, 0) is 14.8 Å². The van der Waals surface area contributed by atoms with E-state index in [1.165, 1.54) is 18.2 Å². The van der Waals surface area contributed by atoms with Gasteiger partial charge in [0.05, 0.1) is 10.6 Å². The molecule has 1 atom stereocenters. The third-order valence-electron chi connectivity index (χ3n) is 3.63. The van der Waals surface area contributed by atoms with Crippen molar-refractivity contribution >= 4 is 21.8 Å². The fourth-order valence-electron chi connectivity index (χ4n) is 2.45. The van der Waals surface area contributed by atoms with Crippen molar-refractivity contribution in [2.24, 2.45) is 0 Å². The van der Waals surface area contributed by atoms with E-state index in [0.717, 1.165) is 5.56 Å². The number of hydrogen-bond acceptors (Lipinski definition) is 4. The van der Waals surface area contributed by atoms with Gasteiger partial charge in [0.15, 0.2) is 0 Å². The van der Waals surface area contributed by atoms with Crippen molar-refractivity contribution in [3.8, 4) is 0 Å². The van der Waals surface area contributed by atoms with Crippen LogP contribution in [0, 0.1) is 6.92 Å². The normalized spacial score (nSPS) is 17.3. The molecule has 0 aromatic heterocycles. The molecule has 0 saturated heterocycles. The summed E-state index contributed by atoms with van der Waals surface area (Å²) in [4.78, 5) is 12.3. The number of anilines is 1. The predicted octanol–water partition coefficient (Wildman–Crippen LogP) is 3.57. The van der Waals surface area contributed by atoms with Crippen molar-refractivity contribution in [3.05, 3.63) is 72.3 Å². The van der Waals surface area contributed by atoms with Crippen LogP contribution in [0.2, 0.25) is 0 Å². The predicted molar refractivity (Wildman–Crippen MR) is 86.7 cm³/mol. The number of carbonyl (C=O) groups is 1. The molecule has 1 heterocycles. The number of hydrogen-bond donors (Lipinski definition) is 0. The Bertz CT molecular complexity index is 872. The maximum Gasteiger partial charge on any atom is 0.429 e. The lowest BCUT2D eigenvalue weighted by atomic mass is 10.1. The molecule has 0 spiro atoms. The highest BCUT2D eigenvalue weighted by Gasteiger charge is 2.39. The van der Waals surface area contributed by atoms with Crippen LogP contribution in [0.15, 0.2) is 66.1 Å². The third kappa shape index (κ3) is 2.51. The largest absolute Gasteiger partial charge is 0.436 e. The Morgan fingerprint density at radius 3 is 2.43 bits per heavy atom. The van der Waals surface area contributed by atoms with Crippen molar-refractivity contribution in [2.45, 2.75) is 17.9 Å². The van der Waals surface area contributed by atoms with Crippen molar-refractivity contribution in [1.29, 1.82) is 0 Å². The topological polar surface area (TPSA) is 63.7 Å². The standard InChI is InChI=1S/C17H15NO4S/c1-3-16-14-6-4-5-7-15(14)18(17(19)22-16)23(20,21)13-10-8-12(2)9-11-13/h3-11,16H,1H2,2H3. The zero-order valence-corrected chi connectivity index (χ0v) is 13.3. The minimum absolute atomic E-state index is 0.0342. The van der Waals surface area contributed by atoms with E-state index < -0.39 is 22.2 Å². The zero-order valence-electron chi connectivity index (χ0n) is 12.5. The molecule has 118 valence electrons. The molecule has 1 aliphatic heterocycles. The molecule has 5 nitrogen and oxygen atoms in total. The molecule has 0 fully saturated rings. The zero-order chi connectivity index (χ0) is 16.6. The molecule has 2 aromatic carbocycles. The number of fused-ring (bicyclic) bond motifs is 1. The summed E-state index contributed by atoms with van der Waals surface area (Å²) in [5.41, 5.74) is 1.80. The van der Waals surface area contributed by atoms with E-state index >= 15 is 0 Å². The van der Waals surface area contributed by atoms with Gasteiger partial charge in [-0.1, -0.05) is 42.5 Å². The number of rotatable bonds is 3. The highest BCUT2D eigenvalue weighted by Crippen LogP contribution is 2.38. The second-order valence-electron chi connectivity index (χ2n) is 5.18. The van der Waals surface area contributed by atoms with E-state index in [4.69, 9.17) is 4.74 Å². The number of benzene rings is 2. The smallest absolute Gasteiger partial charge is 0.429 e. The van der Waals surface area contributed by atoms with E-state index in [1.807, 2.05) is 6.92 Å². The lowest BCUT2D eigenvalue weighted by Gasteiger charge is -2.31. The van der Waals surface area contributed by atoms with Crippen LogP contribution in [0.3, 0.4) is 0 Å². The van der Waals surface area contributed by atoms with Gasteiger partial charge in [-0.05, 0) is 31.2 Å². The summed E-state index contributed by atoms with van der Waals surface area (Å²) in [6, 6.07) is 13.0. The van der Waals surface area contributed by atoms with Crippen molar-refractivity contribution < 1.29 is 17.9 Å². The highest BCUT2D eigenvalue weighted by molar-refractivity contribution is 7.93. The SMILES string of the molecule is C=CC1OC(=O)N(S(=O)(=O)c2ccc(C)cc2)c2ccccc21. The first kappa shape index (κ1) is 15.3. The molecule has 0 N–H and O–H groups in total. The Labute approximate surface area is 134 Å². The fourth-order valence-corrected chi connectivity index (χ4v) is 3.81. The van der Waals surface area contributed by atoms with Crippen LogP contribution in [0.4, 0.5) is 10.5 Å². The molecule has 0 radical (unpaired) electrons. The number of ether oxygens (including phenoxy) is 1. The number of para-hydroxylation sites is 1. The first-order chi connectivity index (χ1) is 10.9. The number of sulfonamides is 1. The van der Waals surface area contributed by atoms with Gasteiger partial charge in [0, 0.05) is 5.56 Å². The Morgan fingerprint density at radius 2 is 1.78 bits per heavy atom. The van der Waals surface area contributed by atoms with Crippen LogP contribution in [0.25, 0.3) is 0 Å². The van der Waals surface area contributed by atoms with E-state index in [9.17, 15) is 13.2 Å². The average Bonchev–Trinajstić information content (AvgIpc) is 2.54. The lowest BCUT2D eigenvalue weighted by molar-refractivity contribution is 0.126.